The summed E-state index contributed by atoms with van der Waals surface area (Å²) in [6, 6.07) is 11.4. The average Bonchev–Trinajstić information content (AvgIpc) is 3.23. The third kappa shape index (κ3) is 4.32. The lowest BCUT2D eigenvalue weighted by Gasteiger charge is -2.20. The third-order valence-electron chi connectivity index (χ3n) is 4.78. The second-order valence-corrected chi connectivity index (χ2v) is 9.13. The summed E-state index contributed by atoms with van der Waals surface area (Å²) in [6.07, 6.45) is 1.73. The summed E-state index contributed by atoms with van der Waals surface area (Å²) in [5.41, 5.74) is 1.09. The monoisotopic (exact) mass is 422 g/mol. The maximum absolute atomic E-state index is 12.9. The summed E-state index contributed by atoms with van der Waals surface area (Å²) < 4.78 is 32.3. The lowest BCUT2D eigenvalue weighted by molar-refractivity contribution is 0.0784. The quantitative estimate of drug-likeness (QED) is 0.715. The predicted molar refractivity (Wildman–Crippen MR) is 108 cm³/mol. The van der Waals surface area contributed by atoms with Crippen molar-refractivity contribution in [3.63, 3.8) is 0 Å². The topological polar surface area (TPSA) is 66.9 Å². The van der Waals surface area contributed by atoms with E-state index in [9.17, 15) is 13.2 Å². The number of methoxy groups -OCH3 is 1. The van der Waals surface area contributed by atoms with Gasteiger partial charge in [-0.25, -0.2) is 8.42 Å². The summed E-state index contributed by atoms with van der Waals surface area (Å²) in [5, 5.41) is 0.551. The molecule has 8 heteroatoms. The summed E-state index contributed by atoms with van der Waals surface area (Å²) >= 11 is 6.06. The smallest absolute Gasteiger partial charge is 0.253 e. The molecule has 1 aliphatic heterocycles. The van der Waals surface area contributed by atoms with E-state index in [-0.39, 0.29) is 17.3 Å². The Labute approximate surface area is 170 Å². The molecule has 2 aromatic rings. The largest absolute Gasteiger partial charge is 0.496 e. The van der Waals surface area contributed by atoms with Gasteiger partial charge in [-0.3, -0.25) is 4.79 Å². The van der Waals surface area contributed by atoms with Gasteiger partial charge in [0.25, 0.3) is 5.91 Å². The van der Waals surface area contributed by atoms with E-state index in [1.54, 1.807) is 44.5 Å². The molecule has 0 aromatic heterocycles. The molecule has 0 radical (unpaired) electrons. The van der Waals surface area contributed by atoms with Crippen molar-refractivity contribution in [3.8, 4) is 5.75 Å². The Hall–Kier alpha value is -2.09. The third-order valence-corrected chi connectivity index (χ3v) is 6.91. The van der Waals surface area contributed by atoms with Crippen LogP contribution in [0.3, 0.4) is 0 Å². The standard InChI is InChI=1S/C20H23ClN2O4S/c1-22(14-16-12-17(21)8-9-19(16)27-2)20(24)15-6-5-7-18(13-15)28(25,26)23-10-3-4-11-23/h5-9,12-13H,3-4,10-11,14H2,1-2H3. The SMILES string of the molecule is COc1ccc(Cl)cc1CN(C)C(=O)c1cccc(S(=O)(=O)N2CCCC2)c1. The molecule has 0 unspecified atom stereocenters. The van der Waals surface area contributed by atoms with E-state index in [2.05, 4.69) is 0 Å². The van der Waals surface area contributed by atoms with E-state index in [0.717, 1.165) is 18.4 Å². The van der Waals surface area contributed by atoms with Crippen molar-refractivity contribution in [2.75, 3.05) is 27.2 Å². The van der Waals surface area contributed by atoms with Gasteiger partial charge in [0, 0.05) is 42.8 Å². The molecular weight excluding hydrogens is 400 g/mol. The molecule has 0 atom stereocenters. The van der Waals surface area contributed by atoms with Gasteiger partial charge in [0.15, 0.2) is 0 Å². The van der Waals surface area contributed by atoms with Crippen LogP contribution < -0.4 is 4.74 Å². The number of ether oxygens (including phenoxy) is 1. The minimum Gasteiger partial charge on any atom is -0.496 e. The van der Waals surface area contributed by atoms with Crippen molar-refractivity contribution < 1.29 is 17.9 Å². The van der Waals surface area contributed by atoms with E-state index >= 15 is 0 Å². The Bertz CT molecular complexity index is 972. The summed E-state index contributed by atoms with van der Waals surface area (Å²) in [5.74, 6) is 0.356. The van der Waals surface area contributed by atoms with Gasteiger partial charge in [-0.1, -0.05) is 17.7 Å². The zero-order valence-electron chi connectivity index (χ0n) is 15.9. The highest BCUT2D eigenvalue weighted by molar-refractivity contribution is 7.89. The second-order valence-electron chi connectivity index (χ2n) is 6.76. The number of hydrogen-bond acceptors (Lipinski definition) is 4. The summed E-state index contributed by atoms with van der Waals surface area (Å²) in [4.78, 5) is 14.5. The number of benzene rings is 2. The van der Waals surface area contributed by atoms with E-state index in [1.807, 2.05) is 0 Å². The first kappa shape index (κ1) is 20.6. The van der Waals surface area contributed by atoms with Gasteiger partial charge in [0.05, 0.1) is 12.0 Å². The van der Waals surface area contributed by atoms with E-state index in [0.29, 0.717) is 29.4 Å². The number of nitrogens with zero attached hydrogens (tertiary/aromatic N) is 2. The van der Waals surface area contributed by atoms with Gasteiger partial charge in [0.1, 0.15) is 5.75 Å². The minimum atomic E-state index is -3.57. The van der Waals surface area contributed by atoms with Crippen LogP contribution in [-0.2, 0) is 16.6 Å². The summed E-state index contributed by atoms with van der Waals surface area (Å²) in [6.45, 7) is 1.33. The zero-order chi connectivity index (χ0) is 20.3. The molecule has 1 saturated heterocycles. The van der Waals surface area contributed by atoms with Crippen LogP contribution in [0.5, 0.6) is 5.75 Å². The maximum atomic E-state index is 12.9. The molecule has 1 aliphatic rings. The molecule has 2 aromatic carbocycles. The van der Waals surface area contributed by atoms with Gasteiger partial charge in [-0.15, -0.1) is 0 Å². The molecule has 150 valence electrons. The molecule has 0 aliphatic carbocycles. The number of rotatable bonds is 6. The van der Waals surface area contributed by atoms with Crippen LogP contribution in [0.1, 0.15) is 28.8 Å². The molecule has 6 nitrogen and oxygen atoms in total. The van der Waals surface area contributed by atoms with Gasteiger partial charge in [-0.05, 0) is 49.2 Å². The van der Waals surface area contributed by atoms with Gasteiger partial charge in [0.2, 0.25) is 10.0 Å². The minimum absolute atomic E-state index is 0.147. The van der Waals surface area contributed by atoms with Crippen molar-refractivity contribution >= 4 is 27.5 Å². The Morgan fingerprint density at radius 2 is 1.89 bits per heavy atom. The van der Waals surface area contributed by atoms with Crippen LogP contribution in [0, 0.1) is 0 Å². The van der Waals surface area contributed by atoms with Crippen LogP contribution in [0.2, 0.25) is 5.02 Å². The fourth-order valence-electron chi connectivity index (χ4n) is 3.29. The van der Waals surface area contributed by atoms with Crippen molar-refractivity contribution in [3.05, 3.63) is 58.6 Å². The van der Waals surface area contributed by atoms with Crippen LogP contribution in [-0.4, -0.2) is 50.8 Å². The van der Waals surface area contributed by atoms with Gasteiger partial charge < -0.3 is 9.64 Å². The van der Waals surface area contributed by atoms with Gasteiger partial charge in [-0.2, -0.15) is 4.31 Å². The molecule has 28 heavy (non-hydrogen) atoms. The molecule has 0 spiro atoms. The normalized spacial score (nSPS) is 14.8. The first-order valence-corrected chi connectivity index (χ1v) is 10.8. The maximum Gasteiger partial charge on any atom is 0.253 e. The number of carbonyl (C=O) groups is 1. The van der Waals surface area contributed by atoms with Crippen LogP contribution in [0.25, 0.3) is 0 Å². The highest BCUT2D eigenvalue weighted by atomic mass is 35.5. The van der Waals surface area contributed by atoms with Crippen LogP contribution in [0.15, 0.2) is 47.4 Å². The number of sulfonamides is 1. The lowest BCUT2D eigenvalue weighted by atomic mass is 10.1. The number of amides is 1. The van der Waals surface area contributed by atoms with Crippen molar-refractivity contribution in [2.45, 2.75) is 24.3 Å². The molecule has 3 rings (SSSR count). The summed E-state index contributed by atoms with van der Waals surface area (Å²) in [7, 11) is -0.357. The molecule has 0 N–H and O–H groups in total. The fourth-order valence-corrected chi connectivity index (χ4v) is 5.04. The van der Waals surface area contributed by atoms with Crippen LogP contribution in [0.4, 0.5) is 0 Å². The number of hydrogen-bond donors (Lipinski definition) is 0. The lowest BCUT2D eigenvalue weighted by Crippen LogP contribution is -2.29. The zero-order valence-corrected chi connectivity index (χ0v) is 17.5. The predicted octanol–water partition coefficient (Wildman–Crippen LogP) is 3.41. The Balaban J connectivity index is 1.82. The highest BCUT2D eigenvalue weighted by Crippen LogP contribution is 2.25. The Kier molecular flexibility index (Phi) is 6.27. The van der Waals surface area contributed by atoms with Crippen LogP contribution >= 0.6 is 11.6 Å². The van der Waals surface area contributed by atoms with Crippen molar-refractivity contribution in [2.24, 2.45) is 0 Å². The number of carbonyl (C=O) groups excluding carboxylic acids is 1. The molecular formula is C20H23ClN2O4S. The van der Waals surface area contributed by atoms with Gasteiger partial charge >= 0.3 is 0 Å². The first-order valence-electron chi connectivity index (χ1n) is 9.01. The van der Waals surface area contributed by atoms with E-state index in [4.69, 9.17) is 16.3 Å². The first-order chi connectivity index (χ1) is 13.3. The molecule has 0 saturated carbocycles. The Morgan fingerprint density at radius 1 is 1.18 bits per heavy atom. The van der Waals surface area contributed by atoms with Crippen molar-refractivity contribution in [1.82, 2.24) is 9.21 Å². The van der Waals surface area contributed by atoms with Crippen molar-refractivity contribution in [1.29, 1.82) is 0 Å². The second kappa shape index (κ2) is 8.51. The number of halogens is 1. The van der Waals surface area contributed by atoms with E-state index in [1.165, 1.54) is 21.3 Å². The van der Waals surface area contributed by atoms with E-state index < -0.39 is 10.0 Å². The average molecular weight is 423 g/mol. The Morgan fingerprint density at radius 3 is 2.57 bits per heavy atom. The fraction of sp³-hybridized carbons (Fsp3) is 0.350. The molecule has 1 heterocycles. The molecule has 0 bridgehead atoms. The molecule has 1 amide bonds. The molecule has 1 fully saturated rings. The highest BCUT2D eigenvalue weighted by Gasteiger charge is 2.28.